The fraction of sp³-hybridized carbons (Fsp3) is 0.400. The van der Waals surface area contributed by atoms with E-state index < -0.39 is 10.0 Å². The molecule has 0 amide bonds. The summed E-state index contributed by atoms with van der Waals surface area (Å²) in [6.07, 6.45) is 2.16. The second kappa shape index (κ2) is 4.57. The van der Waals surface area contributed by atoms with Gasteiger partial charge in [0.1, 0.15) is 0 Å². The predicted octanol–water partition coefficient (Wildman–Crippen LogP) is 1.30. The van der Waals surface area contributed by atoms with Crippen LogP contribution in [0.4, 0.5) is 0 Å². The van der Waals surface area contributed by atoms with Crippen molar-refractivity contribution in [1.29, 1.82) is 0 Å². The predicted molar refractivity (Wildman–Crippen MR) is 57.5 cm³/mol. The van der Waals surface area contributed by atoms with Crippen LogP contribution in [0.5, 0.6) is 0 Å². The molecule has 0 spiro atoms. The molecular weight excluding hydrogens is 198 g/mol. The van der Waals surface area contributed by atoms with Crippen molar-refractivity contribution < 1.29 is 8.42 Å². The highest BCUT2D eigenvalue weighted by atomic mass is 32.2. The Morgan fingerprint density at radius 3 is 2.07 bits per heavy atom. The molecule has 0 aliphatic heterocycles. The summed E-state index contributed by atoms with van der Waals surface area (Å²) in [7, 11) is -3.09. The van der Waals surface area contributed by atoms with E-state index in [1.165, 1.54) is 5.56 Å². The normalized spacial score (nSPS) is 11.6. The largest absolute Gasteiger partial charge is 0.213 e. The second-order valence-electron chi connectivity index (χ2n) is 3.26. The zero-order chi connectivity index (χ0) is 10.6. The van der Waals surface area contributed by atoms with Crippen LogP contribution in [0.1, 0.15) is 18.1 Å². The van der Waals surface area contributed by atoms with Gasteiger partial charge in [-0.3, -0.25) is 0 Å². The van der Waals surface area contributed by atoms with Crippen LogP contribution in [-0.2, 0) is 23.0 Å². The van der Waals surface area contributed by atoms with Crippen LogP contribution in [-0.4, -0.2) is 14.7 Å². The first-order chi connectivity index (χ1) is 6.51. The lowest BCUT2D eigenvalue weighted by atomic mass is 10.1. The van der Waals surface area contributed by atoms with Crippen molar-refractivity contribution in [2.24, 2.45) is 0 Å². The Labute approximate surface area is 85.2 Å². The van der Waals surface area contributed by atoms with E-state index in [4.69, 9.17) is 0 Å². The highest BCUT2D eigenvalue weighted by Gasteiger charge is 2.00. The van der Waals surface area contributed by atoms with Gasteiger partial charge in [0, 0.05) is 6.54 Å². The maximum Gasteiger partial charge on any atom is 0.209 e. The minimum Gasteiger partial charge on any atom is -0.213 e. The van der Waals surface area contributed by atoms with Gasteiger partial charge >= 0.3 is 0 Å². The van der Waals surface area contributed by atoms with Crippen molar-refractivity contribution in [1.82, 2.24) is 4.72 Å². The van der Waals surface area contributed by atoms with Gasteiger partial charge in [-0.25, -0.2) is 13.1 Å². The van der Waals surface area contributed by atoms with E-state index in [2.05, 4.69) is 11.6 Å². The Hall–Kier alpha value is -0.870. The molecule has 1 rings (SSSR count). The van der Waals surface area contributed by atoms with Crippen LogP contribution in [0, 0.1) is 0 Å². The lowest BCUT2D eigenvalue weighted by Crippen LogP contribution is -2.21. The van der Waals surface area contributed by atoms with E-state index in [0.29, 0.717) is 6.54 Å². The Kier molecular flexibility index (Phi) is 3.66. The Morgan fingerprint density at radius 1 is 1.14 bits per heavy atom. The molecule has 1 aromatic carbocycles. The molecule has 0 heterocycles. The van der Waals surface area contributed by atoms with Crippen LogP contribution in [0.15, 0.2) is 24.3 Å². The first-order valence-corrected chi connectivity index (χ1v) is 6.43. The average molecular weight is 213 g/mol. The first-order valence-electron chi connectivity index (χ1n) is 4.53. The number of aryl methyl sites for hydroxylation is 1. The van der Waals surface area contributed by atoms with Crippen molar-refractivity contribution >= 4 is 10.0 Å². The van der Waals surface area contributed by atoms with Crippen molar-refractivity contribution in [3.05, 3.63) is 35.4 Å². The number of rotatable bonds is 4. The number of hydrogen-bond acceptors (Lipinski definition) is 2. The summed E-state index contributed by atoms with van der Waals surface area (Å²) < 4.78 is 24.1. The molecule has 0 saturated carbocycles. The number of sulfonamides is 1. The lowest BCUT2D eigenvalue weighted by molar-refractivity contribution is 0.587. The number of benzene rings is 1. The van der Waals surface area contributed by atoms with Gasteiger partial charge in [-0.05, 0) is 17.5 Å². The standard InChI is InChI=1S/C10H15NO2S/c1-3-9-4-6-10(7-5-9)8-11-14(2,12)13/h4-7,11H,3,8H2,1-2H3. The van der Waals surface area contributed by atoms with E-state index >= 15 is 0 Å². The topological polar surface area (TPSA) is 46.2 Å². The summed E-state index contributed by atoms with van der Waals surface area (Å²) in [5, 5.41) is 0. The van der Waals surface area contributed by atoms with E-state index in [0.717, 1.165) is 18.2 Å². The molecule has 1 N–H and O–H groups in total. The van der Waals surface area contributed by atoms with E-state index in [1.807, 2.05) is 24.3 Å². The highest BCUT2D eigenvalue weighted by molar-refractivity contribution is 7.88. The molecule has 0 atom stereocenters. The zero-order valence-corrected chi connectivity index (χ0v) is 9.26. The van der Waals surface area contributed by atoms with Crippen LogP contribution in [0.3, 0.4) is 0 Å². The van der Waals surface area contributed by atoms with E-state index in [9.17, 15) is 8.42 Å². The van der Waals surface area contributed by atoms with Crippen LogP contribution in [0.2, 0.25) is 0 Å². The van der Waals surface area contributed by atoms with Gasteiger partial charge < -0.3 is 0 Å². The maximum atomic E-state index is 10.8. The summed E-state index contributed by atoms with van der Waals surface area (Å²) in [6, 6.07) is 7.91. The average Bonchev–Trinajstić information content (AvgIpc) is 2.14. The van der Waals surface area contributed by atoms with Gasteiger partial charge in [0.05, 0.1) is 6.26 Å². The molecule has 0 saturated heterocycles. The molecule has 0 bridgehead atoms. The van der Waals surface area contributed by atoms with Crippen molar-refractivity contribution in [3.63, 3.8) is 0 Å². The van der Waals surface area contributed by atoms with Crippen molar-refractivity contribution in [3.8, 4) is 0 Å². The molecule has 0 radical (unpaired) electrons. The molecular formula is C10H15NO2S. The van der Waals surface area contributed by atoms with E-state index in [1.54, 1.807) is 0 Å². The minimum absolute atomic E-state index is 0.364. The Balaban J connectivity index is 2.61. The quantitative estimate of drug-likeness (QED) is 0.819. The van der Waals surface area contributed by atoms with Gasteiger partial charge in [0.25, 0.3) is 0 Å². The molecule has 1 aromatic rings. The molecule has 14 heavy (non-hydrogen) atoms. The Bertz CT molecular complexity index is 381. The SMILES string of the molecule is CCc1ccc(CNS(C)(=O)=O)cc1. The molecule has 0 fully saturated rings. The molecule has 0 aliphatic rings. The summed E-state index contributed by atoms with van der Waals surface area (Å²) in [5.74, 6) is 0. The molecule has 4 heteroatoms. The number of hydrogen-bond donors (Lipinski definition) is 1. The third-order valence-electron chi connectivity index (χ3n) is 1.97. The van der Waals surface area contributed by atoms with Crippen molar-refractivity contribution in [2.45, 2.75) is 19.9 Å². The van der Waals surface area contributed by atoms with E-state index in [-0.39, 0.29) is 0 Å². The second-order valence-corrected chi connectivity index (χ2v) is 5.10. The third-order valence-corrected chi connectivity index (χ3v) is 2.64. The minimum atomic E-state index is -3.09. The molecule has 0 aromatic heterocycles. The fourth-order valence-electron chi connectivity index (χ4n) is 1.11. The maximum absolute atomic E-state index is 10.8. The fourth-order valence-corrected chi connectivity index (χ4v) is 1.54. The summed E-state index contributed by atoms with van der Waals surface area (Å²) in [5.41, 5.74) is 2.24. The monoisotopic (exact) mass is 213 g/mol. The van der Waals surface area contributed by atoms with Crippen LogP contribution in [0.25, 0.3) is 0 Å². The Morgan fingerprint density at radius 2 is 1.64 bits per heavy atom. The first kappa shape index (κ1) is 11.2. The summed E-state index contributed by atoms with van der Waals surface area (Å²) in [4.78, 5) is 0. The summed E-state index contributed by atoms with van der Waals surface area (Å²) >= 11 is 0. The van der Waals surface area contributed by atoms with Gasteiger partial charge in [0.15, 0.2) is 0 Å². The van der Waals surface area contributed by atoms with Crippen LogP contribution >= 0.6 is 0 Å². The molecule has 78 valence electrons. The lowest BCUT2D eigenvalue weighted by Gasteiger charge is -2.03. The van der Waals surface area contributed by atoms with Gasteiger partial charge in [-0.1, -0.05) is 31.2 Å². The molecule has 0 unspecified atom stereocenters. The van der Waals surface area contributed by atoms with Gasteiger partial charge in [0.2, 0.25) is 10.0 Å². The zero-order valence-electron chi connectivity index (χ0n) is 8.45. The smallest absolute Gasteiger partial charge is 0.209 e. The number of nitrogens with one attached hydrogen (secondary N) is 1. The van der Waals surface area contributed by atoms with Crippen molar-refractivity contribution in [2.75, 3.05) is 6.26 Å². The molecule has 0 aliphatic carbocycles. The summed E-state index contributed by atoms with van der Waals surface area (Å²) in [6.45, 7) is 2.45. The van der Waals surface area contributed by atoms with Gasteiger partial charge in [-0.2, -0.15) is 0 Å². The van der Waals surface area contributed by atoms with Crippen LogP contribution < -0.4 is 4.72 Å². The molecule has 3 nitrogen and oxygen atoms in total. The van der Waals surface area contributed by atoms with Gasteiger partial charge in [-0.15, -0.1) is 0 Å². The highest BCUT2D eigenvalue weighted by Crippen LogP contribution is 2.04. The third kappa shape index (κ3) is 3.89.